The van der Waals surface area contributed by atoms with Gasteiger partial charge in [-0.05, 0) is 42.3 Å². The van der Waals surface area contributed by atoms with Crippen LogP contribution in [0.1, 0.15) is 17.0 Å². The van der Waals surface area contributed by atoms with Crippen molar-refractivity contribution in [3.8, 4) is 0 Å². The summed E-state index contributed by atoms with van der Waals surface area (Å²) < 4.78 is 0. The molecule has 1 aromatic carbocycles. The van der Waals surface area contributed by atoms with Gasteiger partial charge < -0.3 is 10.3 Å². The van der Waals surface area contributed by atoms with Crippen molar-refractivity contribution in [1.82, 2.24) is 9.97 Å². The topological polar surface area (TPSA) is 56.3 Å². The van der Waals surface area contributed by atoms with Gasteiger partial charge in [-0.15, -0.1) is 0 Å². The van der Waals surface area contributed by atoms with Gasteiger partial charge in [0.2, 0.25) is 0 Å². The molecule has 3 aromatic rings. The molecule has 1 aliphatic heterocycles. The van der Waals surface area contributed by atoms with Crippen LogP contribution in [0.25, 0.3) is 11.0 Å². The summed E-state index contributed by atoms with van der Waals surface area (Å²) in [5.74, 6) is 0.263. The average molecular weight is 305 g/mol. The highest BCUT2D eigenvalue weighted by Crippen LogP contribution is 2.30. The lowest BCUT2D eigenvalue weighted by Gasteiger charge is -2.19. The second kappa shape index (κ2) is 5.43. The Morgan fingerprint density at radius 1 is 1.26 bits per heavy atom. The molecule has 3 heterocycles. The molecule has 116 valence electrons. The van der Waals surface area contributed by atoms with Crippen LogP contribution in [0.3, 0.4) is 0 Å². The highest BCUT2D eigenvalue weighted by molar-refractivity contribution is 5.80. The summed E-state index contributed by atoms with van der Waals surface area (Å²) in [6, 6.07) is 10.6. The van der Waals surface area contributed by atoms with Crippen LogP contribution in [0.2, 0.25) is 0 Å². The molecular weight excluding hydrogens is 286 g/mol. The number of hydrogen-bond donors (Lipinski definition) is 2. The zero-order chi connectivity index (χ0) is 15.8. The van der Waals surface area contributed by atoms with E-state index in [9.17, 15) is 0 Å². The van der Waals surface area contributed by atoms with E-state index in [4.69, 9.17) is 0 Å². The second-order valence-corrected chi connectivity index (χ2v) is 5.89. The van der Waals surface area contributed by atoms with Crippen molar-refractivity contribution in [1.29, 1.82) is 0 Å². The molecule has 4 rings (SSSR count). The number of fused-ring (bicyclic) bond motifs is 1. The zero-order valence-electron chi connectivity index (χ0n) is 13.2. The number of anilines is 2. The van der Waals surface area contributed by atoms with Crippen LogP contribution in [0.5, 0.6) is 0 Å². The minimum atomic E-state index is 0.263. The largest absolute Gasteiger partial charge is 0.388 e. The minimum Gasteiger partial charge on any atom is -0.388 e. The molecule has 0 saturated carbocycles. The molecule has 0 fully saturated rings. The Labute approximate surface area is 135 Å². The molecule has 5 heteroatoms. The van der Waals surface area contributed by atoms with Crippen LogP contribution in [-0.4, -0.2) is 29.8 Å². The maximum absolute atomic E-state index is 4.61. The van der Waals surface area contributed by atoms with Crippen LogP contribution in [0.4, 0.5) is 11.4 Å². The summed E-state index contributed by atoms with van der Waals surface area (Å²) in [4.78, 5) is 7.61. The maximum Gasteiger partial charge on any atom is 0.137 e. The van der Waals surface area contributed by atoms with E-state index in [1.54, 1.807) is 0 Å². The van der Waals surface area contributed by atoms with E-state index in [0.717, 1.165) is 29.0 Å². The van der Waals surface area contributed by atoms with Crippen molar-refractivity contribution in [2.24, 2.45) is 5.10 Å². The number of hydrazone groups is 1. The van der Waals surface area contributed by atoms with Gasteiger partial charge >= 0.3 is 0 Å². The maximum atomic E-state index is 4.61. The fraction of sp³-hybridized carbons (Fsp3) is 0.222. The number of nitrogens with zero attached hydrogens (tertiary/aromatic N) is 3. The molecule has 2 N–H and O–H groups in total. The first-order valence-corrected chi connectivity index (χ1v) is 7.77. The molecule has 5 nitrogen and oxygen atoms in total. The van der Waals surface area contributed by atoms with E-state index in [2.05, 4.69) is 62.7 Å². The molecule has 0 bridgehead atoms. The van der Waals surface area contributed by atoms with E-state index in [-0.39, 0.29) is 5.92 Å². The zero-order valence-corrected chi connectivity index (χ0v) is 13.2. The molecule has 23 heavy (non-hydrogen) atoms. The van der Waals surface area contributed by atoms with Gasteiger partial charge in [0, 0.05) is 42.6 Å². The Hall–Kier alpha value is -2.82. The lowest BCUT2D eigenvalue weighted by molar-refractivity contribution is 0.847. The standard InChI is InChI=1S/C18H19N5/c1-12-3-4-16(19-2)8-17(12)23-11-15(10-22-23)14-7-13-5-6-20-18(13)21-9-14/h3-10,15,19H,11H2,1-2H3,(H,20,21). The number of H-pyrrole nitrogens is 1. The van der Waals surface area contributed by atoms with Crippen molar-refractivity contribution in [2.75, 3.05) is 23.9 Å². The van der Waals surface area contributed by atoms with E-state index < -0.39 is 0 Å². The number of benzene rings is 1. The van der Waals surface area contributed by atoms with Crippen LogP contribution >= 0.6 is 0 Å². The monoisotopic (exact) mass is 305 g/mol. The number of rotatable bonds is 3. The Morgan fingerprint density at radius 2 is 2.17 bits per heavy atom. The first-order chi connectivity index (χ1) is 11.2. The number of pyridine rings is 1. The molecule has 0 radical (unpaired) electrons. The summed E-state index contributed by atoms with van der Waals surface area (Å²) in [7, 11) is 1.93. The third-order valence-electron chi connectivity index (χ3n) is 4.38. The van der Waals surface area contributed by atoms with Gasteiger partial charge in [-0.25, -0.2) is 4.98 Å². The highest BCUT2D eigenvalue weighted by atomic mass is 15.5. The minimum absolute atomic E-state index is 0.263. The molecule has 1 atom stereocenters. The van der Waals surface area contributed by atoms with E-state index in [1.807, 2.05) is 25.7 Å². The first kappa shape index (κ1) is 13.8. The normalized spacial score (nSPS) is 17.1. The lowest BCUT2D eigenvalue weighted by Crippen LogP contribution is -2.17. The van der Waals surface area contributed by atoms with Gasteiger partial charge in [-0.2, -0.15) is 5.10 Å². The highest BCUT2D eigenvalue weighted by Gasteiger charge is 2.22. The number of aryl methyl sites for hydroxylation is 1. The summed E-state index contributed by atoms with van der Waals surface area (Å²) in [6.07, 6.45) is 5.87. The van der Waals surface area contributed by atoms with Crippen LogP contribution in [0, 0.1) is 6.92 Å². The molecule has 0 amide bonds. The summed E-state index contributed by atoms with van der Waals surface area (Å²) in [5, 5.41) is 11.0. The SMILES string of the molecule is CNc1ccc(C)c(N2CC(c3cnc4[nH]ccc4c3)C=N2)c1. The quantitative estimate of drug-likeness (QED) is 0.778. The van der Waals surface area contributed by atoms with Gasteiger partial charge in [-0.3, -0.25) is 5.01 Å². The molecule has 0 aliphatic carbocycles. The molecular formula is C18H19N5. The Morgan fingerprint density at radius 3 is 3.04 bits per heavy atom. The molecule has 1 aliphatic rings. The van der Waals surface area contributed by atoms with Crippen molar-refractivity contribution in [3.05, 3.63) is 53.9 Å². The van der Waals surface area contributed by atoms with E-state index in [1.165, 1.54) is 11.1 Å². The molecule has 0 spiro atoms. The number of nitrogens with one attached hydrogen (secondary N) is 2. The van der Waals surface area contributed by atoms with Crippen molar-refractivity contribution < 1.29 is 0 Å². The van der Waals surface area contributed by atoms with Gasteiger partial charge in [-0.1, -0.05) is 6.07 Å². The summed E-state index contributed by atoms with van der Waals surface area (Å²) in [6.45, 7) is 2.96. The fourth-order valence-electron chi connectivity index (χ4n) is 3.00. The average Bonchev–Trinajstić information content (AvgIpc) is 3.23. The lowest BCUT2D eigenvalue weighted by atomic mass is 10.0. The summed E-state index contributed by atoms with van der Waals surface area (Å²) in [5.41, 5.74) is 5.59. The van der Waals surface area contributed by atoms with Crippen molar-refractivity contribution in [3.63, 3.8) is 0 Å². The molecule has 1 unspecified atom stereocenters. The van der Waals surface area contributed by atoms with Gasteiger partial charge in [0.05, 0.1) is 12.2 Å². The molecule has 2 aromatic heterocycles. The predicted octanol–water partition coefficient (Wildman–Crippen LogP) is 3.50. The van der Waals surface area contributed by atoms with Crippen LogP contribution in [-0.2, 0) is 0 Å². The van der Waals surface area contributed by atoms with Gasteiger partial charge in [0.25, 0.3) is 0 Å². The number of aromatic amines is 1. The first-order valence-electron chi connectivity index (χ1n) is 7.77. The smallest absolute Gasteiger partial charge is 0.137 e. The Kier molecular flexibility index (Phi) is 3.26. The van der Waals surface area contributed by atoms with Gasteiger partial charge in [0.1, 0.15) is 5.65 Å². The third-order valence-corrected chi connectivity index (χ3v) is 4.38. The predicted molar refractivity (Wildman–Crippen MR) is 95.4 cm³/mol. The fourth-order valence-corrected chi connectivity index (χ4v) is 3.00. The Balaban J connectivity index is 1.61. The van der Waals surface area contributed by atoms with Crippen LogP contribution in [0.15, 0.2) is 47.8 Å². The third kappa shape index (κ3) is 2.44. The second-order valence-electron chi connectivity index (χ2n) is 5.89. The van der Waals surface area contributed by atoms with Gasteiger partial charge in [0.15, 0.2) is 0 Å². The molecule has 0 saturated heterocycles. The number of aromatic nitrogens is 2. The van der Waals surface area contributed by atoms with E-state index >= 15 is 0 Å². The number of hydrogen-bond acceptors (Lipinski definition) is 4. The Bertz CT molecular complexity index is 880. The van der Waals surface area contributed by atoms with Crippen molar-refractivity contribution in [2.45, 2.75) is 12.8 Å². The summed E-state index contributed by atoms with van der Waals surface area (Å²) >= 11 is 0. The van der Waals surface area contributed by atoms with Crippen LogP contribution < -0.4 is 10.3 Å². The van der Waals surface area contributed by atoms with E-state index in [0.29, 0.717) is 0 Å². The van der Waals surface area contributed by atoms with Crippen molar-refractivity contribution >= 4 is 28.6 Å².